The summed E-state index contributed by atoms with van der Waals surface area (Å²) in [7, 11) is 0. The zero-order valence-electron chi connectivity index (χ0n) is 23.1. The second kappa shape index (κ2) is 22.0. The Labute approximate surface area is 210 Å². The molecular weight excluding hydrogens is 432 g/mol. The van der Waals surface area contributed by atoms with Gasteiger partial charge in [0.2, 0.25) is 0 Å². The van der Waals surface area contributed by atoms with Gasteiger partial charge in [-0.05, 0) is 31.1 Å². The van der Waals surface area contributed by atoms with E-state index in [1.165, 1.54) is 32.1 Å². The maximum absolute atomic E-state index is 6.34. The van der Waals surface area contributed by atoms with Crippen LogP contribution in [-0.4, -0.2) is 77.8 Å². The minimum absolute atomic E-state index is 0.0798. The topological polar surface area (TPSA) is 55.4 Å². The molecule has 0 aliphatic carbocycles. The Balaban J connectivity index is 2.74. The van der Waals surface area contributed by atoms with Crippen molar-refractivity contribution in [3.63, 3.8) is 0 Å². The Hall–Kier alpha value is -0.240. The van der Waals surface area contributed by atoms with E-state index in [0.717, 1.165) is 25.7 Å². The van der Waals surface area contributed by atoms with Crippen LogP contribution in [0.1, 0.15) is 92.4 Å². The molecule has 5 atom stereocenters. The lowest BCUT2D eigenvalue weighted by Crippen LogP contribution is -2.33. The highest BCUT2D eigenvalue weighted by atomic mass is 16.6. The largest absolute Gasteiger partial charge is 0.376 e. The molecule has 0 spiro atoms. The molecule has 1 saturated heterocycles. The highest BCUT2D eigenvalue weighted by Crippen LogP contribution is 2.22. The quantitative estimate of drug-likeness (QED) is 0.353. The highest BCUT2D eigenvalue weighted by molar-refractivity contribution is 4.71. The summed E-state index contributed by atoms with van der Waals surface area (Å²) in [4.78, 5) is 0. The lowest BCUT2D eigenvalue weighted by molar-refractivity contribution is -0.105. The van der Waals surface area contributed by atoms with Crippen LogP contribution in [0.3, 0.4) is 0 Å². The summed E-state index contributed by atoms with van der Waals surface area (Å²) < 4.78 is 36.6. The highest BCUT2D eigenvalue weighted by Gasteiger charge is 2.22. The number of hydrogen-bond donors (Lipinski definition) is 0. The average Bonchev–Trinajstić information content (AvgIpc) is 2.85. The molecule has 0 saturated carbocycles. The van der Waals surface area contributed by atoms with Crippen LogP contribution in [-0.2, 0) is 28.4 Å². The third-order valence-electron chi connectivity index (χ3n) is 6.84. The van der Waals surface area contributed by atoms with Crippen molar-refractivity contribution in [1.82, 2.24) is 0 Å². The SMILES string of the molecule is CCCCC1COCCOC(C(CCC)CCCC)COCCOC(C(C)CC)COCCO1. The molecule has 0 amide bonds. The second-order valence-corrected chi connectivity index (χ2v) is 9.75. The molecule has 0 bridgehead atoms. The van der Waals surface area contributed by atoms with E-state index in [1.54, 1.807) is 0 Å². The Bertz CT molecular complexity index is 435. The van der Waals surface area contributed by atoms with Gasteiger partial charge in [-0.1, -0.05) is 73.1 Å². The molecule has 34 heavy (non-hydrogen) atoms. The van der Waals surface area contributed by atoms with E-state index < -0.39 is 0 Å². The van der Waals surface area contributed by atoms with Gasteiger partial charge in [0.1, 0.15) is 0 Å². The van der Waals surface area contributed by atoms with Crippen LogP contribution in [0.2, 0.25) is 0 Å². The Kier molecular flexibility index (Phi) is 20.6. The molecule has 1 aliphatic heterocycles. The van der Waals surface area contributed by atoms with Crippen molar-refractivity contribution < 1.29 is 28.4 Å². The predicted octanol–water partition coefficient (Wildman–Crippen LogP) is 6.05. The summed E-state index contributed by atoms with van der Waals surface area (Å²) in [5.74, 6) is 0.967. The first-order valence-electron chi connectivity index (χ1n) is 14.2. The van der Waals surface area contributed by atoms with Crippen LogP contribution in [0, 0.1) is 11.8 Å². The molecule has 0 N–H and O–H groups in total. The first kappa shape index (κ1) is 31.8. The van der Waals surface area contributed by atoms with Gasteiger partial charge < -0.3 is 28.4 Å². The van der Waals surface area contributed by atoms with Gasteiger partial charge >= 0.3 is 0 Å². The minimum Gasteiger partial charge on any atom is -0.376 e. The summed E-state index contributed by atoms with van der Waals surface area (Å²) in [5.41, 5.74) is 0. The molecule has 6 nitrogen and oxygen atoms in total. The van der Waals surface area contributed by atoms with Gasteiger partial charge in [0, 0.05) is 0 Å². The summed E-state index contributed by atoms with van der Waals surface area (Å²) in [6, 6.07) is 0. The van der Waals surface area contributed by atoms with Crippen LogP contribution in [0.25, 0.3) is 0 Å². The van der Waals surface area contributed by atoms with Crippen molar-refractivity contribution in [3.8, 4) is 0 Å². The monoisotopic (exact) mass is 488 g/mol. The molecule has 6 heteroatoms. The Morgan fingerprint density at radius 3 is 1.82 bits per heavy atom. The van der Waals surface area contributed by atoms with Crippen molar-refractivity contribution in [2.45, 2.75) is 111 Å². The first-order chi connectivity index (χ1) is 16.7. The fraction of sp³-hybridized carbons (Fsp3) is 1.00. The zero-order valence-corrected chi connectivity index (χ0v) is 23.1. The molecule has 204 valence electrons. The second-order valence-electron chi connectivity index (χ2n) is 9.75. The van der Waals surface area contributed by atoms with Crippen molar-refractivity contribution in [1.29, 1.82) is 0 Å². The molecule has 1 rings (SSSR count). The van der Waals surface area contributed by atoms with Gasteiger partial charge in [-0.15, -0.1) is 0 Å². The zero-order chi connectivity index (χ0) is 24.9. The van der Waals surface area contributed by atoms with Gasteiger partial charge in [-0.3, -0.25) is 0 Å². The third-order valence-corrected chi connectivity index (χ3v) is 6.84. The van der Waals surface area contributed by atoms with Gasteiger partial charge in [0.05, 0.1) is 77.8 Å². The smallest absolute Gasteiger partial charge is 0.0837 e. The molecule has 5 unspecified atom stereocenters. The summed E-state index contributed by atoms with van der Waals surface area (Å²) >= 11 is 0. The van der Waals surface area contributed by atoms with E-state index in [2.05, 4.69) is 34.6 Å². The molecule has 1 fully saturated rings. The maximum atomic E-state index is 6.34. The van der Waals surface area contributed by atoms with Gasteiger partial charge in [-0.25, -0.2) is 0 Å². The molecule has 1 heterocycles. The van der Waals surface area contributed by atoms with E-state index in [4.69, 9.17) is 28.4 Å². The normalized spacial score (nSPS) is 26.9. The van der Waals surface area contributed by atoms with Crippen LogP contribution in [0.15, 0.2) is 0 Å². The van der Waals surface area contributed by atoms with E-state index in [0.29, 0.717) is 71.3 Å². The summed E-state index contributed by atoms with van der Waals surface area (Å²) in [5, 5.41) is 0. The van der Waals surface area contributed by atoms with E-state index in [9.17, 15) is 0 Å². The third kappa shape index (κ3) is 15.0. The van der Waals surface area contributed by atoms with Gasteiger partial charge in [0.25, 0.3) is 0 Å². The summed E-state index contributed by atoms with van der Waals surface area (Å²) in [6.07, 6.45) is 10.7. The first-order valence-corrected chi connectivity index (χ1v) is 14.2. The van der Waals surface area contributed by atoms with Crippen LogP contribution in [0.4, 0.5) is 0 Å². The molecule has 0 aromatic carbocycles. The van der Waals surface area contributed by atoms with E-state index >= 15 is 0 Å². The van der Waals surface area contributed by atoms with E-state index in [1.807, 2.05) is 0 Å². The number of ether oxygens (including phenoxy) is 6. The molecule has 0 aromatic heterocycles. The molecule has 1 aliphatic rings. The van der Waals surface area contributed by atoms with Crippen molar-refractivity contribution >= 4 is 0 Å². The van der Waals surface area contributed by atoms with E-state index in [-0.39, 0.29) is 18.3 Å². The van der Waals surface area contributed by atoms with Crippen molar-refractivity contribution in [2.24, 2.45) is 11.8 Å². The Morgan fingerprint density at radius 2 is 1.21 bits per heavy atom. The van der Waals surface area contributed by atoms with Crippen molar-refractivity contribution in [3.05, 3.63) is 0 Å². The fourth-order valence-electron chi connectivity index (χ4n) is 4.36. The van der Waals surface area contributed by atoms with Crippen molar-refractivity contribution in [2.75, 3.05) is 59.5 Å². The predicted molar refractivity (Wildman–Crippen MR) is 139 cm³/mol. The number of rotatable bonds is 11. The van der Waals surface area contributed by atoms with Crippen LogP contribution >= 0.6 is 0 Å². The Morgan fingerprint density at radius 1 is 0.618 bits per heavy atom. The molecule has 0 aromatic rings. The number of hydrogen-bond acceptors (Lipinski definition) is 6. The lowest BCUT2D eigenvalue weighted by Gasteiger charge is -2.28. The molecular formula is C28H56O6. The minimum atomic E-state index is 0.0798. The van der Waals surface area contributed by atoms with Crippen LogP contribution < -0.4 is 0 Å². The standard InChI is InChI=1S/C28H56O6/c1-6-10-13-25(12-8-3)28-23-31-17-19-33-27(24(5)9-4)22-30-15-18-32-26(14-11-7-2)21-29-16-20-34-28/h24-28H,6-23H2,1-5H3. The fourth-order valence-corrected chi connectivity index (χ4v) is 4.36. The summed E-state index contributed by atoms with van der Waals surface area (Å²) in [6.45, 7) is 16.5. The number of unbranched alkanes of at least 4 members (excludes halogenated alkanes) is 2. The molecule has 0 radical (unpaired) electrons. The average molecular weight is 489 g/mol. The van der Waals surface area contributed by atoms with Gasteiger partial charge in [0.15, 0.2) is 0 Å². The van der Waals surface area contributed by atoms with Crippen LogP contribution in [0.5, 0.6) is 0 Å². The van der Waals surface area contributed by atoms with Gasteiger partial charge in [-0.2, -0.15) is 0 Å². The maximum Gasteiger partial charge on any atom is 0.0837 e. The lowest BCUT2D eigenvalue weighted by atomic mass is 9.91.